The Morgan fingerprint density at radius 3 is 3.06 bits per heavy atom. The van der Waals surface area contributed by atoms with Gasteiger partial charge in [-0.05, 0) is 31.4 Å². The molecule has 18 heavy (non-hydrogen) atoms. The van der Waals surface area contributed by atoms with Gasteiger partial charge in [-0.3, -0.25) is 4.79 Å². The molecule has 0 radical (unpaired) electrons. The van der Waals surface area contributed by atoms with Gasteiger partial charge >= 0.3 is 5.97 Å². The highest BCUT2D eigenvalue weighted by Gasteiger charge is 2.49. The standard InChI is InChI=1S/C13H13N3O2/c14-7-8-3-4-15-12(5-8)16-9-1-2-11(16)10(6-9)13(17)18/h3-5,9-11H,1-2,6H2,(H,17,18). The highest BCUT2D eigenvalue weighted by atomic mass is 16.4. The number of hydrogen-bond acceptors (Lipinski definition) is 4. The van der Waals surface area contributed by atoms with E-state index in [1.165, 1.54) is 0 Å². The van der Waals surface area contributed by atoms with E-state index in [-0.39, 0.29) is 18.0 Å². The fourth-order valence-corrected chi connectivity index (χ4v) is 3.24. The Labute approximate surface area is 105 Å². The van der Waals surface area contributed by atoms with E-state index in [1.807, 2.05) is 0 Å². The first-order valence-corrected chi connectivity index (χ1v) is 6.08. The molecule has 2 bridgehead atoms. The molecule has 5 heteroatoms. The van der Waals surface area contributed by atoms with Crippen molar-refractivity contribution in [3.05, 3.63) is 23.9 Å². The van der Waals surface area contributed by atoms with E-state index in [1.54, 1.807) is 18.3 Å². The van der Waals surface area contributed by atoms with Crippen LogP contribution in [0, 0.1) is 17.2 Å². The molecule has 92 valence electrons. The molecule has 2 aliphatic rings. The summed E-state index contributed by atoms with van der Waals surface area (Å²) in [4.78, 5) is 17.6. The van der Waals surface area contributed by atoms with Crippen molar-refractivity contribution in [3.8, 4) is 6.07 Å². The van der Waals surface area contributed by atoms with Crippen molar-refractivity contribution in [2.75, 3.05) is 4.90 Å². The van der Waals surface area contributed by atoms with Gasteiger partial charge < -0.3 is 10.0 Å². The summed E-state index contributed by atoms with van der Waals surface area (Å²) in [5.41, 5.74) is 0.568. The van der Waals surface area contributed by atoms with Crippen LogP contribution in [0.1, 0.15) is 24.8 Å². The second-order valence-corrected chi connectivity index (χ2v) is 4.90. The normalized spacial score (nSPS) is 29.3. The van der Waals surface area contributed by atoms with Crippen molar-refractivity contribution in [2.24, 2.45) is 5.92 Å². The Morgan fingerprint density at radius 1 is 1.56 bits per heavy atom. The van der Waals surface area contributed by atoms with Gasteiger partial charge in [0.25, 0.3) is 0 Å². The van der Waals surface area contributed by atoms with Crippen molar-refractivity contribution in [1.29, 1.82) is 5.26 Å². The molecule has 3 heterocycles. The SMILES string of the molecule is N#Cc1ccnc(N2C3CCC2C(C(=O)O)C3)c1. The molecule has 3 rings (SSSR count). The summed E-state index contributed by atoms with van der Waals surface area (Å²) in [7, 11) is 0. The average molecular weight is 243 g/mol. The van der Waals surface area contributed by atoms with Gasteiger partial charge in [-0.15, -0.1) is 0 Å². The summed E-state index contributed by atoms with van der Waals surface area (Å²) >= 11 is 0. The topological polar surface area (TPSA) is 77.2 Å². The predicted molar refractivity (Wildman–Crippen MR) is 64.0 cm³/mol. The van der Waals surface area contributed by atoms with Gasteiger partial charge in [0.05, 0.1) is 17.6 Å². The molecule has 0 aromatic carbocycles. The zero-order valence-corrected chi connectivity index (χ0v) is 9.78. The molecule has 0 amide bonds. The molecule has 2 aliphatic heterocycles. The second kappa shape index (κ2) is 3.98. The number of aliphatic carboxylic acids is 1. The molecule has 1 aromatic heterocycles. The van der Waals surface area contributed by atoms with Gasteiger partial charge in [0.2, 0.25) is 0 Å². The lowest BCUT2D eigenvalue weighted by atomic mass is 9.89. The summed E-state index contributed by atoms with van der Waals surface area (Å²) in [6.45, 7) is 0. The number of aromatic nitrogens is 1. The molecule has 0 aliphatic carbocycles. The Morgan fingerprint density at radius 2 is 2.39 bits per heavy atom. The fraction of sp³-hybridized carbons (Fsp3) is 0.462. The lowest BCUT2D eigenvalue weighted by molar-refractivity contribution is -0.142. The summed E-state index contributed by atoms with van der Waals surface area (Å²) < 4.78 is 0. The van der Waals surface area contributed by atoms with E-state index in [2.05, 4.69) is 16.0 Å². The van der Waals surface area contributed by atoms with E-state index in [4.69, 9.17) is 5.26 Å². The molecule has 0 saturated carbocycles. The number of nitrogens with zero attached hydrogens (tertiary/aromatic N) is 3. The third-order valence-corrected chi connectivity index (χ3v) is 3.99. The molecule has 3 unspecified atom stereocenters. The summed E-state index contributed by atoms with van der Waals surface area (Å²) in [6, 6.07) is 5.80. The Kier molecular flexibility index (Phi) is 2.44. The van der Waals surface area contributed by atoms with E-state index in [0.717, 1.165) is 18.7 Å². The zero-order valence-electron chi connectivity index (χ0n) is 9.78. The van der Waals surface area contributed by atoms with Crippen molar-refractivity contribution < 1.29 is 9.90 Å². The maximum atomic E-state index is 11.2. The van der Waals surface area contributed by atoms with Crippen LogP contribution in [-0.4, -0.2) is 28.1 Å². The highest BCUT2D eigenvalue weighted by molar-refractivity contribution is 5.73. The first-order chi connectivity index (χ1) is 8.70. The van der Waals surface area contributed by atoms with Crippen LogP contribution in [0.3, 0.4) is 0 Å². The minimum Gasteiger partial charge on any atom is -0.481 e. The maximum Gasteiger partial charge on any atom is 0.308 e. The fourth-order valence-electron chi connectivity index (χ4n) is 3.24. The molecule has 2 saturated heterocycles. The maximum absolute atomic E-state index is 11.2. The lowest BCUT2D eigenvalue weighted by Gasteiger charge is -2.24. The molecule has 1 aromatic rings. The molecule has 3 atom stereocenters. The Balaban J connectivity index is 1.94. The van der Waals surface area contributed by atoms with Crippen LogP contribution >= 0.6 is 0 Å². The number of hydrogen-bond donors (Lipinski definition) is 1. The molecule has 2 fully saturated rings. The van der Waals surface area contributed by atoms with Gasteiger partial charge in [0, 0.05) is 18.3 Å². The van der Waals surface area contributed by atoms with Gasteiger partial charge in [-0.1, -0.05) is 0 Å². The van der Waals surface area contributed by atoms with Crippen LogP contribution in [0.4, 0.5) is 5.82 Å². The Hall–Kier alpha value is -2.09. The summed E-state index contributed by atoms with van der Waals surface area (Å²) in [6.07, 6.45) is 4.23. The van der Waals surface area contributed by atoms with Crippen molar-refractivity contribution in [1.82, 2.24) is 4.98 Å². The third kappa shape index (κ3) is 1.53. The number of fused-ring (bicyclic) bond motifs is 2. The first-order valence-electron chi connectivity index (χ1n) is 6.08. The minimum atomic E-state index is -0.719. The van der Waals surface area contributed by atoms with E-state index in [9.17, 15) is 9.90 Å². The number of anilines is 1. The van der Waals surface area contributed by atoms with Gasteiger partial charge in [-0.25, -0.2) is 4.98 Å². The van der Waals surface area contributed by atoms with E-state index >= 15 is 0 Å². The highest BCUT2D eigenvalue weighted by Crippen LogP contribution is 2.43. The van der Waals surface area contributed by atoms with Crippen molar-refractivity contribution >= 4 is 11.8 Å². The lowest BCUT2D eigenvalue weighted by Crippen LogP contribution is -2.33. The third-order valence-electron chi connectivity index (χ3n) is 3.99. The average Bonchev–Trinajstić information content (AvgIpc) is 2.96. The van der Waals surface area contributed by atoms with E-state index < -0.39 is 5.97 Å². The van der Waals surface area contributed by atoms with Crippen LogP contribution in [0.2, 0.25) is 0 Å². The smallest absolute Gasteiger partial charge is 0.308 e. The van der Waals surface area contributed by atoms with Crippen LogP contribution in [0.15, 0.2) is 18.3 Å². The molecule has 0 spiro atoms. The minimum absolute atomic E-state index is 0.0361. The van der Waals surface area contributed by atoms with Gasteiger partial charge in [-0.2, -0.15) is 5.26 Å². The van der Waals surface area contributed by atoms with E-state index in [0.29, 0.717) is 12.0 Å². The number of carboxylic acids is 1. The van der Waals surface area contributed by atoms with Crippen LogP contribution in [0.25, 0.3) is 0 Å². The number of pyridine rings is 1. The number of carbonyl (C=O) groups is 1. The van der Waals surface area contributed by atoms with Crippen LogP contribution in [-0.2, 0) is 4.79 Å². The van der Waals surface area contributed by atoms with Crippen molar-refractivity contribution in [2.45, 2.75) is 31.3 Å². The number of nitriles is 1. The number of carboxylic acid groups (broad SMARTS) is 1. The molecular weight excluding hydrogens is 230 g/mol. The Bertz CT molecular complexity index is 537. The quantitative estimate of drug-likeness (QED) is 0.849. The molecule has 1 N–H and O–H groups in total. The van der Waals surface area contributed by atoms with Crippen LogP contribution < -0.4 is 4.90 Å². The summed E-state index contributed by atoms with van der Waals surface area (Å²) in [5, 5.41) is 18.1. The predicted octanol–water partition coefficient (Wildman–Crippen LogP) is 1.40. The zero-order chi connectivity index (χ0) is 12.7. The molecular formula is C13H13N3O2. The summed E-state index contributed by atoms with van der Waals surface area (Å²) in [5.74, 6) is -0.273. The van der Waals surface area contributed by atoms with Gasteiger partial charge in [0.1, 0.15) is 5.82 Å². The largest absolute Gasteiger partial charge is 0.481 e. The van der Waals surface area contributed by atoms with Crippen molar-refractivity contribution in [3.63, 3.8) is 0 Å². The van der Waals surface area contributed by atoms with Crippen LogP contribution in [0.5, 0.6) is 0 Å². The van der Waals surface area contributed by atoms with Gasteiger partial charge in [0.15, 0.2) is 0 Å². The number of rotatable bonds is 2. The second-order valence-electron chi connectivity index (χ2n) is 4.90. The monoisotopic (exact) mass is 243 g/mol. The first kappa shape index (κ1) is 11.0. The molecule has 5 nitrogen and oxygen atoms in total.